The molecule has 6 heteroatoms. The molecule has 0 aliphatic heterocycles. The van der Waals surface area contributed by atoms with Crippen molar-refractivity contribution in [1.29, 1.82) is 0 Å². The van der Waals surface area contributed by atoms with E-state index in [2.05, 4.69) is 0 Å². The van der Waals surface area contributed by atoms with Crippen LogP contribution in [-0.4, -0.2) is 38.0 Å². The molecule has 0 spiro atoms. The van der Waals surface area contributed by atoms with Gasteiger partial charge in [-0.15, -0.1) is 0 Å². The standard InChI is InChI=1S/C20H20O6/c1-14(26-20(23)17-7-9-18(24-2)10-8-17)11-12-25-19(22)16-5-3-15(13-21)4-6-16/h3-10,13-14H,11-12H2,1-2H3. The summed E-state index contributed by atoms with van der Waals surface area (Å²) in [6, 6.07) is 12.7. The molecular formula is C20H20O6. The van der Waals surface area contributed by atoms with Crippen LogP contribution in [0.2, 0.25) is 0 Å². The summed E-state index contributed by atoms with van der Waals surface area (Å²) in [6.07, 6.45) is 0.670. The van der Waals surface area contributed by atoms with Gasteiger partial charge in [0.15, 0.2) is 0 Å². The number of rotatable bonds is 8. The Labute approximate surface area is 151 Å². The number of carbonyl (C=O) groups is 3. The normalized spacial score (nSPS) is 11.3. The molecule has 0 aromatic heterocycles. The second kappa shape index (κ2) is 9.36. The lowest BCUT2D eigenvalue weighted by atomic mass is 10.1. The topological polar surface area (TPSA) is 78.9 Å². The molecule has 0 fully saturated rings. The monoisotopic (exact) mass is 356 g/mol. The Kier molecular flexibility index (Phi) is 6.91. The zero-order valence-corrected chi connectivity index (χ0v) is 14.6. The zero-order chi connectivity index (χ0) is 18.9. The molecule has 0 bridgehead atoms. The molecule has 2 aromatic carbocycles. The van der Waals surface area contributed by atoms with Crippen molar-refractivity contribution < 1.29 is 28.6 Å². The number of benzene rings is 2. The fourth-order valence-corrected chi connectivity index (χ4v) is 2.14. The second-order valence-corrected chi connectivity index (χ2v) is 5.61. The maximum Gasteiger partial charge on any atom is 0.338 e. The van der Waals surface area contributed by atoms with Gasteiger partial charge in [0.05, 0.1) is 24.8 Å². The molecule has 1 unspecified atom stereocenters. The Balaban J connectivity index is 1.76. The second-order valence-electron chi connectivity index (χ2n) is 5.61. The molecule has 26 heavy (non-hydrogen) atoms. The first-order valence-electron chi connectivity index (χ1n) is 8.11. The van der Waals surface area contributed by atoms with Gasteiger partial charge in [0.2, 0.25) is 0 Å². The minimum atomic E-state index is -0.490. The molecular weight excluding hydrogens is 336 g/mol. The summed E-state index contributed by atoms with van der Waals surface area (Å²) in [5.41, 5.74) is 1.27. The van der Waals surface area contributed by atoms with Crippen molar-refractivity contribution in [3.8, 4) is 5.75 Å². The molecule has 0 saturated carbocycles. The van der Waals surface area contributed by atoms with Gasteiger partial charge in [-0.05, 0) is 43.3 Å². The Morgan fingerprint density at radius 3 is 2.12 bits per heavy atom. The van der Waals surface area contributed by atoms with Crippen LogP contribution in [0.25, 0.3) is 0 Å². The van der Waals surface area contributed by atoms with Crippen molar-refractivity contribution in [2.45, 2.75) is 19.4 Å². The highest BCUT2D eigenvalue weighted by atomic mass is 16.6. The van der Waals surface area contributed by atoms with E-state index in [1.165, 1.54) is 12.1 Å². The largest absolute Gasteiger partial charge is 0.497 e. The van der Waals surface area contributed by atoms with Crippen molar-refractivity contribution >= 4 is 18.2 Å². The minimum absolute atomic E-state index is 0.116. The summed E-state index contributed by atoms with van der Waals surface area (Å²) < 4.78 is 15.5. The first-order valence-corrected chi connectivity index (χ1v) is 8.11. The molecule has 2 rings (SSSR count). The zero-order valence-electron chi connectivity index (χ0n) is 14.6. The van der Waals surface area contributed by atoms with E-state index in [4.69, 9.17) is 14.2 Å². The number of hydrogen-bond donors (Lipinski definition) is 0. The van der Waals surface area contributed by atoms with Gasteiger partial charge in [0, 0.05) is 12.0 Å². The first kappa shape index (κ1) is 19.2. The van der Waals surface area contributed by atoms with E-state index >= 15 is 0 Å². The van der Waals surface area contributed by atoms with Gasteiger partial charge in [-0.25, -0.2) is 9.59 Å². The minimum Gasteiger partial charge on any atom is -0.497 e. The van der Waals surface area contributed by atoms with Crippen molar-refractivity contribution in [2.24, 2.45) is 0 Å². The summed E-state index contributed by atoms with van der Waals surface area (Å²) in [4.78, 5) is 34.5. The molecule has 0 amide bonds. The van der Waals surface area contributed by atoms with Crippen molar-refractivity contribution in [1.82, 2.24) is 0 Å². The molecule has 0 radical (unpaired) electrons. The summed E-state index contributed by atoms with van der Waals surface area (Å²) in [6.45, 7) is 1.85. The van der Waals surface area contributed by atoms with E-state index in [1.54, 1.807) is 50.4 Å². The predicted octanol–water partition coefficient (Wildman–Crippen LogP) is 3.30. The van der Waals surface area contributed by atoms with Crippen molar-refractivity contribution in [2.75, 3.05) is 13.7 Å². The van der Waals surface area contributed by atoms with Gasteiger partial charge < -0.3 is 14.2 Å². The van der Waals surface area contributed by atoms with Gasteiger partial charge in [0.1, 0.15) is 18.1 Å². The lowest BCUT2D eigenvalue weighted by Gasteiger charge is -2.13. The molecule has 136 valence electrons. The van der Waals surface area contributed by atoms with E-state index < -0.39 is 18.0 Å². The average molecular weight is 356 g/mol. The van der Waals surface area contributed by atoms with E-state index in [0.717, 1.165) is 0 Å². The summed E-state index contributed by atoms with van der Waals surface area (Å²) in [5.74, 6) is -0.283. The molecule has 0 saturated heterocycles. The smallest absolute Gasteiger partial charge is 0.338 e. The van der Waals surface area contributed by atoms with Crippen LogP contribution in [0.15, 0.2) is 48.5 Å². The third-order valence-corrected chi connectivity index (χ3v) is 3.67. The molecule has 0 aliphatic rings. The lowest BCUT2D eigenvalue weighted by molar-refractivity contribution is 0.0228. The average Bonchev–Trinajstić information content (AvgIpc) is 2.68. The van der Waals surface area contributed by atoms with Gasteiger partial charge >= 0.3 is 11.9 Å². The number of aldehydes is 1. The fourth-order valence-electron chi connectivity index (χ4n) is 2.14. The van der Waals surface area contributed by atoms with Gasteiger partial charge in [0.25, 0.3) is 0 Å². The fraction of sp³-hybridized carbons (Fsp3) is 0.250. The SMILES string of the molecule is COc1ccc(C(=O)OC(C)CCOC(=O)c2ccc(C=O)cc2)cc1. The van der Waals surface area contributed by atoms with Crippen molar-refractivity contribution in [3.05, 3.63) is 65.2 Å². The highest BCUT2D eigenvalue weighted by molar-refractivity contribution is 5.90. The van der Waals surface area contributed by atoms with E-state index in [1.807, 2.05) is 0 Å². The number of carbonyl (C=O) groups excluding carboxylic acids is 3. The Bertz CT molecular complexity index is 749. The Hall–Kier alpha value is -3.15. The molecule has 1 atom stereocenters. The van der Waals surface area contributed by atoms with E-state index in [0.29, 0.717) is 35.1 Å². The van der Waals surface area contributed by atoms with Crippen LogP contribution in [0.3, 0.4) is 0 Å². The lowest BCUT2D eigenvalue weighted by Crippen LogP contribution is -2.18. The highest BCUT2D eigenvalue weighted by Gasteiger charge is 2.13. The maximum absolute atomic E-state index is 12.0. The van der Waals surface area contributed by atoms with Crippen molar-refractivity contribution in [3.63, 3.8) is 0 Å². The van der Waals surface area contributed by atoms with Gasteiger partial charge in [-0.2, -0.15) is 0 Å². The predicted molar refractivity (Wildman–Crippen MR) is 94.6 cm³/mol. The van der Waals surface area contributed by atoms with Crippen LogP contribution in [0.1, 0.15) is 44.4 Å². The molecule has 0 N–H and O–H groups in total. The summed E-state index contributed by atoms with van der Waals surface area (Å²) >= 11 is 0. The molecule has 0 aliphatic carbocycles. The highest BCUT2D eigenvalue weighted by Crippen LogP contribution is 2.13. The van der Waals surface area contributed by atoms with Crippen LogP contribution in [0.4, 0.5) is 0 Å². The maximum atomic E-state index is 12.0. The Morgan fingerprint density at radius 1 is 0.962 bits per heavy atom. The molecule has 0 heterocycles. The summed E-state index contributed by atoms with van der Waals surface area (Å²) in [5, 5.41) is 0. The quantitative estimate of drug-likeness (QED) is 0.533. The third kappa shape index (κ3) is 5.44. The Morgan fingerprint density at radius 2 is 1.54 bits per heavy atom. The third-order valence-electron chi connectivity index (χ3n) is 3.67. The van der Waals surface area contributed by atoms with E-state index in [9.17, 15) is 14.4 Å². The number of hydrogen-bond acceptors (Lipinski definition) is 6. The van der Waals surface area contributed by atoms with Crippen LogP contribution in [-0.2, 0) is 9.47 Å². The van der Waals surface area contributed by atoms with Gasteiger partial charge in [-0.3, -0.25) is 4.79 Å². The van der Waals surface area contributed by atoms with Crippen LogP contribution >= 0.6 is 0 Å². The van der Waals surface area contributed by atoms with Crippen LogP contribution in [0, 0.1) is 0 Å². The molecule has 2 aromatic rings. The first-order chi connectivity index (χ1) is 12.5. The van der Waals surface area contributed by atoms with Crippen LogP contribution in [0.5, 0.6) is 5.75 Å². The van der Waals surface area contributed by atoms with E-state index in [-0.39, 0.29) is 6.61 Å². The number of ether oxygens (including phenoxy) is 3. The number of esters is 2. The van der Waals surface area contributed by atoms with Gasteiger partial charge in [-0.1, -0.05) is 12.1 Å². The summed E-state index contributed by atoms with van der Waals surface area (Å²) in [7, 11) is 1.55. The van der Waals surface area contributed by atoms with Crippen LogP contribution < -0.4 is 4.74 Å². The molecule has 6 nitrogen and oxygen atoms in total. The number of methoxy groups -OCH3 is 1.